The molecule has 1 unspecified atom stereocenters. The molecule has 8 nitrogen and oxygen atoms in total. The van der Waals surface area contributed by atoms with Gasteiger partial charge in [-0.15, -0.1) is 5.10 Å². The standard InChI is InChI=1S/C13H12N6O2/c14-6-8-3-4-9(16-7-8)11(20)17-13-19-18-12(21-13)10-2-1-5-15-10/h3-4,7,10,15H,1-2,5H2,(H,17,19,20). The molecule has 0 aliphatic carbocycles. The molecule has 2 N–H and O–H groups in total. The Hall–Kier alpha value is -2.79. The highest BCUT2D eigenvalue weighted by atomic mass is 16.4. The van der Waals surface area contributed by atoms with Crippen molar-refractivity contribution in [2.75, 3.05) is 11.9 Å². The van der Waals surface area contributed by atoms with Crippen molar-refractivity contribution >= 4 is 11.9 Å². The van der Waals surface area contributed by atoms with Gasteiger partial charge in [-0.3, -0.25) is 10.1 Å². The van der Waals surface area contributed by atoms with E-state index in [1.165, 1.54) is 18.3 Å². The van der Waals surface area contributed by atoms with Gasteiger partial charge < -0.3 is 9.73 Å². The first-order valence-electron chi connectivity index (χ1n) is 6.50. The molecule has 3 rings (SSSR count). The Balaban J connectivity index is 1.68. The normalized spacial score (nSPS) is 17.4. The van der Waals surface area contributed by atoms with E-state index in [4.69, 9.17) is 9.68 Å². The minimum Gasteiger partial charge on any atom is -0.406 e. The summed E-state index contributed by atoms with van der Waals surface area (Å²) in [6.45, 7) is 0.921. The Bertz CT molecular complexity index is 681. The lowest BCUT2D eigenvalue weighted by Gasteiger charge is -2.02. The number of aromatic nitrogens is 3. The lowest BCUT2D eigenvalue weighted by molar-refractivity contribution is 0.101. The van der Waals surface area contributed by atoms with Crippen LogP contribution in [0.2, 0.25) is 0 Å². The first-order chi connectivity index (χ1) is 10.3. The molecule has 0 radical (unpaired) electrons. The highest BCUT2D eigenvalue weighted by molar-refractivity contribution is 6.01. The number of pyridine rings is 1. The smallest absolute Gasteiger partial charge is 0.322 e. The van der Waals surface area contributed by atoms with E-state index in [1.807, 2.05) is 6.07 Å². The largest absolute Gasteiger partial charge is 0.406 e. The maximum Gasteiger partial charge on any atom is 0.322 e. The summed E-state index contributed by atoms with van der Waals surface area (Å²) in [4.78, 5) is 15.8. The summed E-state index contributed by atoms with van der Waals surface area (Å²) in [5.74, 6) is 0.00431. The number of amides is 1. The highest BCUT2D eigenvalue weighted by Crippen LogP contribution is 2.22. The van der Waals surface area contributed by atoms with Crippen molar-refractivity contribution in [3.63, 3.8) is 0 Å². The van der Waals surface area contributed by atoms with Crippen molar-refractivity contribution in [3.05, 3.63) is 35.5 Å². The first kappa shape index (κ1) is 13.2. The van der Waals surface area contributed by atoms with Gasteiger partial charge in [0.1, 0.15) is 11.8 Å². The fourth-order valence-corrected chi connectivity index (χ4v) is 2.08. The van der Waals surface area contributed by atoms with Crippen LogP contribution in [0.1, 0.15) is 40.8 Å². The van der Waals surface area contributed by atoms with Crippen LogP contribution < -0.4 is 10.6 Å². The molecule has 1 saturated heterocycles. The summed E-state index contributed by atoms with van der Waals surface area (Å²) < 4.78 is 5.41. The molecule has 1 amide bonds. The Morgan fingerprint density at radius 1 is 1.48 bits per heavy atom. The molecule has 1 aliphatic heterocycles. The predicted octanol–water partition coefficient (Wildman–Crippen LogP) is 1.01. The molecule has 2 aromatic rings. The lowest BCUT2D eigenvalue weighted by Crippen LogP contribution is -2.14. The van der Waals surface area contributed by atoms with Gasteiger partial charge in [0, 0.05) is 6.20 Å². The van der Waals surface area contributed by atoms with E-state index < -0.39 is 5.91 Å². The van der Waals surface area contributed by atoms with Gasteiger partial charge in [-0.05, 0) is 31.5 Å². The summed E-state index contributed by atoms with van der Waals surface area (Å²) in [7, 11) is 0. The zero-order chi connectivity index (χ0) is 14.7. The third kappa shape index (κ3) is 2.88. The Morgan fingerprint density at radius 3 is 3.05 bits per heavy atom. The van der Waals surface area contributed by atoms with Crippen LogP contribution in [0.15, 0.2) is 22.7 Å². The summed E-state index contributed by atoms with van der Waals surface area (Å²) in [5.41, 5.74) is 0.562. The number of nitrogens with one attached hydrogen (secondary N) is 2. The molecule has 1 aliphatic rings. The Labute approximate surface area is 120 Å². The molecular formula is C13H12N6O2. The van der Waals surface area contributed by atoms with Crippen LogP contribution in [-0.4, -0.2) is 27.6 Å². The second-order valence-electron chi connectivity index (χ2n) is 4.59. The number of nitriles is 1. The summed E-state index contributed by atoms with van der Waals surface area (Å²) in [5, 5.41) is 22.1. The zero-order valence-corrected chi connectivity index (χ0v) is 11.0. The maximum absolute atomic E-state index is 11.9. The van der Waals surface area contributed by atoms with Crippen LogP contribution in [0.3, 0.4) is 0 Å². The Morgan fingerprint density at radius 2 is 2.38 bits per heavy atom. The monoisotopic (exact) mass is 284 g/mol. The van der Waals surface area contributed by atoms with Gasteiger partial charge in [-0.25, -0.2) is 4.98 Å². The van der Waals surface area contributed by atoms with E-state index in [0.717, 1.165) is 19.4 Å². The maximum atomic E-state index is 11.9. The number of hydrogen-bond donors (Lipinski definition) is 2. The van der Waals surface area contributed by atoms with Crippen molar-refractivity contribution in [3.8, 4) is 6.07 Å². The van der Waals surface area contributed by atoms with E-state index in [9.17, 15) is 4.79 Å². The predicted molar refractivity (Wildman–Crippen MR) is 71.2 cm³/mol. The fraction of sp³-hybridized carbons (Fsp3) is 0.308. The van der Waals surface area contributed by atoms with Gasteiger partial charge in [0.05, 0.1) is 11.6 Å². The second kappa shape index (κ2) is 5.68. The van der Waals surface area contributed by atoms with Gasteiger partial charge in [0.25, 0.3) is 5.91 Å². The van der Waals surface area contributed by atoms with Crippen molar-refractivity contribution < 1.29 is 9.21 Å². The molecule has 0 saturated carbocycles. The SMILES string of the molecule is N#Cc1ccc(C(=O)Nc2nnc(C3CCCN3)o2)nc1. The van der Waals surface area contributed by atoms with E-state index in [0.29, 0.717) is 11.5 Å². The Kier molecular flexibility index (Phi) is 3.57. The number of hydrogen-bond acceptors (Lipinski definition) is 7. The molecule has 0 spiro atoms. The topological polar surface area (TPSA) is 117 Å². The van der Waals surface area contributed by atoms with Crippen molar-refractivity contribution in [2.45, 2.75) is 18.9 Å². The highest BCUT2D eigenvalue weighted by Gasteiger charge is 2.22. The lowest BCUT2D eigenvalue weighted by atomic mass is 10.2. The number of carbonyl (C=O) groups excluding carboxylic acids is 1. The number of nitrogens with zero attached hydrogens (tertiary/aromatic N) is 4. The van der Waals surface area contributed by atoms with Crippen LogP contribution in [0.4, 0.5) is 6.01 Å². The minimum absolute atomic E-state index is 0.0369. The minimum atomic E-state index is -0.464. The van der Waals surface area contributed by atoms with Gasteiger partial charge in [-0.2, -0.15) is 5.26 Å². The third-order valence-electron chi connectivity index (χ3n) is 3.14. The molecule has 1 fully saturated rings. The van der Waals surface area contributed by atoms with Crippen LogP contribution in [0, 0.1) is 11.3 Å². The molecule has 8 heteroatoms. The van der Waals surface area contributed by atoms with Crippen LogP contribution >= 0.6 is 0 Å². The fourth-order valence-electron chi connectivity index (χ4n) is 2.08. The van der Waals surface area contributed by atoms with Gasteiger partial charge >= 0.3 is 6.01 Å². The molecule has 106 valence electrons. The average Bonchev–Trinajstić information content (AvgIpc) is 3.18. The molecular weight excluding hydrogens is 272 g/mol. The average molecular weight is 284 g/mol. The van der Waals surface area contributed by atoms with Crippen molar-refractivity contribution in [2.24, 2.45) is 0 Å². The van der Waals surface area contributed by atoms with Gasteiger partial charge in [0.2, 0.25) is 5.89 Å². The van der Waals surface area contributed by atoms with E-state index in [1.54, 1.807) is 0 Å². The van der Waals surface area contributed by atoms with Crippen molar-refractivity contribution in [1.82, 2.24) is 20.5 Å². The molecule has 2 aromatic heterocycles. The van der Waals surface area contributed by atoms with E-state index in [2.05, 4.69) is 25.8 Å². The van der Waals surface area contributed by atoms with Crippen LogP contribution in [0.25, 0.3) is 0 Å². The van der Waals surface area contributed by atoms with Crippen molar-refractivity contribution in [1.29, 1.82) is 5.26 Å². The summed E-state index contributed by atoms with van der Waals surface area (Å²) in [6.07, 6.45) is 3.33. The molecule has 3 heterocycles. The van der Waals surface area contributed by atoms with E-state index in [-0.39, 0.29) is 17.8 Å². The van der Waals surface area contributed by atoms with E-state index >= 15 is 0 Å². The molecule has 0 aromatic carbocycles. The second-order valence-corrected chi connectivity index (χ2v) is 4.59. The molecule has 1 atom stereocenters. The summed E-state index contributed by atoms with van der Waals surface area (Å²) >= 11 is 0. The third-order valence-corrected chi connectivity index (χ3v) is 3.14. The van der Waals surface area contributed by atoms with Crippen LogP contribution in [0.5, 0.6) is 0 Å². The van der Waals surface area contributed by atoms with Gasteiger partial charge in [0.15, 0.2) is 0 Å². The number of anilines is 1. The quantitative estimate of drug-likeness (QED) is 0.863. The van der Waals surface area contributed by atoms with Gasteiger partial charge in [-0.1, -0.05) is 5.10 Å². The molecule has 21 heavy (non-hydrogen) atoms. The van der Waals surface area contributed by atoms with Crippen LogP contribution in [-0.2, 0) is 0 Å². The summed E-state index contributed by atoms with van der Waals surface area (Å²) in [6, 6.07) is 5.00. The number of rotatable bonds is 3. The molecule has 0 bridgehead atoms. The zero-order valence-electron chi connectivity index (χ0n) is 11.0. The first-order valence-corrected chi connectivity index (χ1v) is 6.50. The number of carbonyl (C=O) groups is 1.